The van der Waals surface area contributed by atoms with Gasteiger partial charge in [-0.25, -0.2) is 4.98 Å². The van der Waals surface area contributed by atoms with Crippen LogP contribution in [0.1, 0.15) is 31.0 Å². The highest BCUT2D eigenvalue weighted by atomic mass is 32.1. The van der Waals surface area contributed by atoms with Gasteiger partial charge < -0.3 is 5.32 Å². The second-order valence-corrected chi connectivity index (χ2v) is 3.88. The van der Waals surface area contributed by atoms with Gasteiger partial charge in [0.1, 0.15) is 10.8 Å². The summed E-state index contributed by atoms with van der Waals surface area (Å²) in [5, 5.41) is 4.46. The van der Waals surface area contributed by atoms with E-state index in [1.54, 1.807) is 0 Å². The van der Waals surface area contributed by atoms with Crippen LogP contribution >= 0.6 is 11.5 Å². The van der Waals surface area contributed by atoms with Crippen molar-refractivity contribution in [1.82, 2.24) is 14.7 Å². The number of aromatic nitrogens is 2. The maximum absolute atomic E-state index is 7.14. The Bertz CT molecular complexity index is 270. The smallest absolute Gasteiger partial charge is 0.139 e. The number of piperidine rings is 1. The van der Waals surface area contributed by atoms with Gasteiger partial charge in [-0.3, -0.25) is 0 Å². The van der Waals surface area contributed by atoms with E-state index in [0.29, 0.717) is 11.7 Å². The van der Waals surface area contributed by atoms with Crippen molar-refractivity contribution >= 4 is 11.5 Å². The first-order chi connectivity index (χ1) is 6.40. The lowest BCUT2D eigenvalue weighted by molar-refractivity contribution is 0.460. The van der Waals surface area contributed by atoms with Crippen LogP contribution in [0.5, 0.6) is 0 Å². The van der Waals surface area contributed by atoms with Gasteiger partial charge in [0.2, 0.25) is 0 Å². The van der Waals surface area contributed by atoms with Crippen LogP contribution in [0.15, 0.2) is 0 Å². The van der Waals surface area contributed by atoms with Crippen molar-refractivity contribution in [2.75, 3.05) is 13.1 Å². The van der Waals surface area contributed by atoms with Crippen molar-refractivity contribution in [3.63, 3.8) is 0 Å². The Hall–Kier alpha value is -0.480. The number of hydrogen-bond acceptors (Lipinski definition) is 4. The van der Waals surface area contributed by atoms with E-state index in [4.69, 9.17) is 1.37 Å². The first-order valence-corrected chi connectivity index (χ1v) is 5.00. The lowest BCUT2D eigenvalue weighted by Crippen LogP contribution is -2.28. The van der Waals surface area contributed by atoms with Crippen LogP contribution in [-0.2, 0) is 0 Å². The average molecular weight is 184 g/mol. The molecule has 1 fully saturated rings. The predicted molar refractivity (Wildman–Crippen MR) is 49.5 cm³/mol. The molecule has 1 aliphatic heterocycles. The maximum Gasteiger partial charge on any atom is 0.139 e. The van der Waals surface area contributed by atoms with Crippen LogP contribution in [-0.4, -0.2) is 22.4 Å². The molecular weight excluding hydrogens is 170 g/mol. The highest BCUT2D eigenvalue weighted by molar-refractivity contribution is 7.05. The molecule has 0 saturated carbocycles. The van der Waals surface area contributed by atoms with Gasteiger partial charge in [-0.15, -0.1) is 0 Å². The number of rotatable bonds is 1. The standard InChI is InChI=1S/C8H13N3S/c1-6-10-8(12-11-6)7-3-2-4-9-5-7/h7,9H,2-5H2,1H3/t7-/m1/s1/i1D. The van der Waals surface area contributed by atoms with Crippen LogP contribution in [0.4, 0.5) is 0 Å². The lowest BCUT2D eigenvalue weighted by Gasteiger charge is -2.19. The summed E-state index contributed by atoms with van der Waals surface area (Å²) in [7, 11) is 0. The zero-order valence-corrected chi connectivity index (χ0v) is 7.73. The van der Waals surface area contributed by atoms with Crippen molar-refractivity contribution in [2.45, 2.75) is 25.7 Å². The third-order valence-electron chi connectivity index (χ3n) is 2.13. The third-order valence-corrected chi connectivity index (χ3v) is 3.04. The van der Waals surface area contributed by atoms with E-state index >= 15 is 0 Å². The molecule has 3 nitrogen and oxygen atoms in total. The monoisotopic (exact) mass is 184 g/mol. The van der Waals surface area contributed by atoms with E-state index in [1.807, 2.05) is 0 Å². The normalized spacial score (nSPS) is 25.3. The summed E-state index contributed by atoms with van der Waals surface area (Å²) >= 11 is 1.46. The van der Waals surface area contributed by atoms with Gasteiger partial charge in [-0.1, -0.05) is 0 Å². The number of aryl methyl sites for hydroxylation is 1. The molecule has 0 radical (unpaired) electrons. The van der Waals surface area contributed by atoms with E-state index in [2.05, 4.69) is 14.7 Å². The van der Waals surface area contributed by atoms with Gasteiger partial charge in [0.25, 0.3) is 0 Å². The van der Waals surface area contributed by atoms with Crippen molar-refractivity contribution in [2.24, 2.45) is 0 Å². The van der Waals surface area contributed by atoms with Gasteiger partial charge in [0, 0.05) is 13.8 Å². The van der Waals surface area contributed by atoms with Crippen LogP contribution in [0.3, 0.4) is 0 Å². The van der Waals surface area contributed by atoms with Crippen molar-refractivity contribution in [3.05, 3.63) is 10.8 Å². The number of nitrogens with zero attached hydrogens (tertiary/aromatic N) is 2. The van der Waals surface area contributed by atoms with Crippen LogP contribution in [0, 0.1) is 6.90 Å². The Morgan fingerprint density at radius 3 is 3.42 bits per heavy atom. The Kier molecular flexibility index (Phi) is 2.03. The lowest BCUT2D eigenvalue weighted by atomic mass is 10.0. The first kappa shape index (κ1) is 6.97. The minimum atomic E-state index is 0.205. The molecule has 1 atom stereocenters. The summed E-state index contributed by atoms with van der Waals surface area (Å²) in [6, 6.07) is 0. The summed E-state index contributed by atoms with van der Waals surface area (Å²) in [5.74, 6) is 1.21. The quantitative estimate of drug-likeness (QED) is 0.715. The van der Waals surface area contributed by atoms with Crippen molar-refractivity contribution < 1.29 is 1.37 Å². The molecule has 0 amide bonds. The Morgan fingerprint density at radius 2 is 2.75 bits per heavy atom. The summed E-state index contributed by atoms with van der Waals surface area (Å²) in [6.07, 6.45) is 2.43. The second-order valence-electron chi connectivity index (χ2n) is 3.09. The van der Waals surface area contributed by atoms with Crippen molar-refractivity contribution in [3.8, 4) is 0 Å². The fourth-order valence-corrected chi connectivity index (χ4v) is 2.23. The Morgan fingerprint density at radius 1 is 1.75 bits per heavy atom. The molecular formula is C8H13N3S. The number of hydrogen-bond donors (Lipinski definition) is 1. The summed E-state index contributed by atoms with van der Waals surface area (Å²) in [4.78, 5) is 4.33. The maximum atomic E-state index is 7.14. The largest absolute Gasteiger partial charge is 0.316 e. The zero-order valence-electron chi connectivity index (χ0n) is 7.92. The van der Waals surface area contributed by atoms with E-state index in [9.17, 15) is 0 Å². The molecule has 2 heterocycles. The fraction of sp³-hybridized carbons (Fsp3) is 0.750. The molecule has 1 saturated heterocycles. The van der Waals surface area contributed by atoms with E-state index < -0.39 is 0 Å². The highest BCUT2D eigenvalue weighted by Crippen LogP contribution is 2.23. The van der Waals surface area contributed by atoms with Gasteiger partial charge in [-0.05, 0) is 37.8 Å². The van der Waals surface area contributed by atoms with E-state index in [-0.39, 0.29) is 6.90 Å². The molecule has 1 N–H and O–H groups in total. The Labute approximate surface area is 77.8 Å². The Balaban J connectivity index is 2.05. The van der Waals surface area contributed by atoms with Crippen molar-refractivity contribution in [1.29, 1.82) is 0 Å². The zero-order chi connectivity index (χ0) is 9.10. The summed E-state index contributed by atoms with van der Waals surface area (Å²) in [6.45, 7) is 2.35. The fourth-order valence-electron chi connectivity index (χ4n) is 1.50. The van der Waals surface area contributed by atoms with Crippen LogP contribution in [0.25, 0.3) is 0 Å². The molecule has 1 aromatic heterocycles. The van der Waals surface area contributed by atoms with Gasteiger partial charge in [-0.2, -0.15) is 4.37 Å². The van der Waals surface area contributed by atoms with E-state index in [0.717, 1.165) is 18.1 Å². The molecule has 1 aromatic rings. The molecule has 4 heteroatoms. The van der Waals surface area contributed by atoms with Gasteiger partial charge in [0.15, 0.2) is 0 Å². The molecule has 0 unspecified atom stereocenters. The van der Waals surface area contributed by atoms with E-state index in [1.165, 1.54) is 24.4 Å². The predicted octanol–water partition coefficient (Wildman–Crippen LogP) is 1.31. The van der Waals surface area contributed by atoms with Crippen LogP contribution in [0.2, 0.25) is 0 Å². The molecule has 0 aromatic carbocycles. The first-order valence-electron chi connectivity index (χ1n) is 4.93. The molecule has 2 rings (SSSR count). The number of nitrogens with one attached hydrogen (secondary N) is 1. The summed E-state index contributed by atoms with van der Waals surface area (Å²) < 4.78 is 11.3. The molecule has 0 spiro atoms. The minimum absolute atomic E-state index is 0.205. The van der Waals surface area contributed by atoms with Crippen LogP contribution < -0.4 is 5.32 Å². The molecule has 0 aliphatic carbocycles. The minimum Gasteiger partial charge on any atom is -0.316 e. The second kappa shape index (κ2) is 3.49. The van der Waals surface area contributed by atoms with Gasteiger partial charge in [0.05, 0.1) is 0 Å². The van der Waals surface area contributed by atoms with Gasteiger partial charge >= 0.3 is 0 Å². The third kappa shape index (κ3) is 1.64. The molecule has 0 bridgehead atoms. The average Bonchev–Trinajstić information content (AvgIpc) is 2.67. The summed E-state index contributed by atoms with van der Waals surface area (Å²) in [5.41, 5.74) is 0. The molecule has 12 heavy (non-hydrogen) atoms. The topological polar surface area (TPSA) is 37.8 Å². The molecule has 66 valence electrons. The SMILES string of the molecule is [2H]Cc1nsc([C@@H]2CCCNC2)n1. The molecule has 1 aliphatic rings. The highest BCUT2D eigenvalue weighted by Gasteiger charge is 2.18.